The van der Waals surface area contributed by atoms with Crippen LogP contribution in [0.5, 0.6) is 5.75 Å². The van der Waals surface area contributed by atoms with Gasteiger partial charge in [0.1, 0.15) is 11.6 Å². The topological polar surface area (TPSA) is 41.6 Å². The molecule has 1 amide bonds. The number of rotatable bonds is 7. The molecule has 0 heterocycles. The summed E-state index contributed by atoms with van der Waals surface area (Å²) < 4.78 is 18.3. The molecule has 1 unspecified atom stereocenters. The average molecular weight is 316 g/mol. The number of hydrogen-bond donors (Lipinski definition) is 1. The molecule has 0 aromatic heterocycles. The van der Waals surface area contributed by atoms with Crippen LogP contribution in [0.3, 0.4) is 0 Å². The number of nitrogens with zero attached hydrogens (tertiary/aromatic N) is 1. The molecule has 0 fully saturated rings. The van der Waals surface area contributed by atoms with E-state index in [1.165, 1.54) is 12.1 Å². The van der Waals surface area contributed by atoms with Gasteiger partial charge in [-0.25, -0.2) is 4.39 Å². The van der Waals surface area contributed by atoms with Crippen molar-refractivity contribution in [1.29, 1.82) is 0 Å². The van der Waals surface area contributed by atoms with Gasteiger partial charge in [0.25, 0.3) is 5.91 Å². The quantitative estimate of drug-likeness (QED) is 0.854. The summed E-state index contributed by atoms with van der Waals surface area (Å²) in [5.41, 5.74) is 1.13. The first-order valence-corrected chi connectivity index (χ1v) is 7.42. The van der Waals surface area contributed by atoms with Crippen molar-refractivity contribution in [1.82, 2.24) is 10.2 Å². The number of halogens is 1. The second-order valence-corrected chi connectivity index (χ2v) is 5.44. The second-order valence-electron chi connectivity index (χ2n) is 5.44. The first kappa shape index (κ1) is 17.0. The van der Waals surface area contributed by atoms with E-state index in [0.29, 0.717) is 12.3 Å². The third-order valence-electron chi connectivity index (χ3n) is 3.47. The maximum absolute atomic E-state index is 13.0. The summed E-state index contributed by atoms with van der Waals surface area (Å²) in [5, 5.41) is 2.85. The first-order valence-electron chi connectivity index (χ1n) is 7.42. The van der Waals surface area contributed by atoms with Gasteiger partial charge < -0.3 is 15.0 Å². The van der Waals surface area contributed by atoms with Crippen molar-refractivity contribution < 1.29 is 13.9 Å². The van der Waals surface area contributed by atoms with E-state index >= 15 is 0 Å². The van der Waals surface area contributed by atoms with Gasteiger partial charge in [-0.3, -0.25) is 4.79 Å². The Morgan fingerprint density at radius 2 is 1.91 bits per heavy atom. The molecule has 0 aliphatic heterocycles. The van der Waals surface area contributed by atoms with Crippen LogP contribution in [-0.4, -0.2) is 38.1 Å². The summed E-state index contributed by atoms with van der Waals surface area (Å²) in [6, 6.07) is 15.8. The largest absolute Gasteiger partial charge is 0.484 e. The molecule has 0 saturated heterocycles. The molecule has 0 saturated carbocycles. The molecule has 2 rings (SSSR count). The Hall–Kier alpha value is -2.40. The minimum atomic E-state index is -0.389. The summed E-state index contributed by atoms with van der Waals surface area (Å²) in [5.74, 6) is -0.288. The Kier molecular flexibility index (Phi) is 6.11. The molecule has 0 bridgehead atoms. The van der Waals surface area contributed by atoms with Crippen molar-refractivity contribution in [2.24, 2.45) is 0 Å². The summed E-state index contributed by atoms with van der Waals surface area (Å²) in [6.45, 7) is 0.334. The zero-order valence-electron chi connectivity index (χ0n) is 13.3. The zero-order chi connectivity index (χ0) is 16.7. The standard InChI is InChI=1S/C18H21FN2O2/c1-21(2)17(14-7-4-3-5-8-14)12-20-18(22)13-23-16-10-6-9-15(19)11-16/h3-11,17H,12-13H2,1-2H3,(H,20,22). The van der Waals surface area contributed by atoms with Crippen LogP contribution in [0.25, 0.3) is 0 Å². The van der Waals surface area contributed by atoms with Crippen LogP contribution in [0.2, 0.25) is 0 Å². The van der Waals surface area contributed by atoms with Crippen LogP contribution in [0, 0.1) is 5.82 Å². The van der Waals surface area contributed by atoms with E-state index in [4.69, 9.17) is 4.74 Å². The van der Waals surface area contributed by atoms with Crippen molar-refractivity contribution >= 4 is 5.91 Å². The van der Waals surface area contributed by atoms with Crippen molar-refractivity contribution in [3.05, 3.63) is 66.0 Å². The lowest BCUT2D eigenvalue weighted by molar-refractivity contribution is -0.123. The second kappa shape index (κ2) is 8.29. The Labute approximate surface area is 135 Å². The number of nitrogens with one attached hydrogen (secondary N) is 1. The number of likely N-dealkylation sites (N-methyl/N-ethyl adjacent to an activating group) is 1. The molecule has 2 aromatic rings. The Morgan fingerprint density at radius 3 is 2.57 bits per heavy atom. The molecule has 0 spiro atoms. The molecule has 122 valence electrons. The molecule has 5 heteroatoms. The molecule has 1 atom stereocenters. The molecule has 23 heavy (non-hydrogen) atoms. The van der Waals surface area contributed by atoms with Crippen molar-refractivity contribution in [3.8, 4) is 5.75 Å². The summed E-state index contributed by atoms with van der Waals surface area (Å²) in [7, 11) is 3.93. The molecular weight excluding hydrogens is 295 g/mol. The normalized spacial score (nSPS) is 12.0. The van der Waals surface area contributed by atoms with Gasteiger partial charge in [0, 0.05) is 12.6 Å². The first-order chi connectivity index (χ1) is 11.1. The SMILES string of the molecule is CN(C)C(CNC(=O)COc1cccc(F)c1)c1ccccc1. The highest BCUT2D eigenvalue weighted by molar-refractivity contribution is 5.77. The van der Waals surface area contributed by atoms with Gasteiger partial charge in [0.05, 0.1) is 6.04 Å². The fourth-order valence-corrected chi connectivity index (χ4v) is 2.24. The fourth-order valence-electron chi connectivity index (χ4n) is 2.24. The molecule has 1 N–H and O–H groups in total. The molecule has 0 radical (unpaired) electrons. The lowest BCUT2D eigenvalue weighted by atomic mass is 10.1. The van der Waals surface area contributed by atoms with Crippen molar-refractivity contribution in [2.75, 3.05) is 27.2 Å². The predicted molar refractivity (Wildman–Crippen MR) is 87.8 cm³/mol. The van der Waals surface area contributed by atoms with Gasteiger partial charge in [-0.1, -0.05) is 36.4 Å². The highest BCUT2D eigenvalue weighted by Crippen LogP contribution is 2.16. The molecule has 2 aromatic carbocycles. The van der Waals surface area contributed by atoms with Gasteiger partial charge in [0.2, 0.25) is 0 Å². The number of hydrogen-bond acceptors (Lipinski definition) is 3. The molecule has 0 aliphatic carbocycles. The van der Waals surface area contributed by atoms with Crippen molar-refractivity contribution in [3.63, 3.8) is 0 Å². The number of ether oxygens (including phenoxy) is 1. The number of benzene rings is 2. The van der Waals surface area contributed by atoms with E-state index in [1.54, 1.807) is 12.1 Å². The Balaban J connectivity index is 1.85. The lowest BCUT2D eigenvalue weighted by Gasteiger charge is -2.25. The van der Waals surface area contributed by atoms with E-state index in [0.717, 1.165) is 5.56 Å². The minimum absolute atomic E-state index is 0.0781. The highest BCUT2D eigenvalue weighted by Gasteiger charge is 2.15. The molecular formula is C18H21FN2O2. The third kappa shape index (κ3) is 5.38. The predicted octanol–water partition coefficient (Wildman–Crippen LogP) is 2.62. The molecule has 0 aliphatic rings. The molecule has 4 nitrogen and oxygen atoms in total. The smallest absolute Gasteiger partial charge is 0.258 e. The fraction of sp³-hybridized carbons (Fsp3) is 0.278. The monoisotopic (exact) mass is 316 g/mol. The van der Waals surface area contributed by atoms with Crippen LogP contribution in [0.4, 0.5) is 4.39 Å². The highest BCUT2D eigenvalue weighted by atomic mass is 19.1. The van der Waals surface area contributed by atoms with E-state index in [2.05, 4.69) is 5.32 Å². The van der Waals surface area contributed by atoms with Crippen LogP contribution in [0.15, 0.2) is 54.6 Å². The van der Waals surface area contributed by atoms with E-state index in [-0.39, 0.29) is 24.4 Å². The minimum Gasteiger partial charge on any atom is -0.484 e. The Bertz CT molecular complexity index is 632. The zero-order valence-corrected chi connectivity index (χ0v) is 13.3. The van der Waals surface area contributed by atoms with Crippen molar-refractivity contribution in [2.45, 2.75) is 6.04 Å². The van der Waals surface area contributed by atoms with Gasteiger partial charge in [0.15, 0.2) is 6.61 Å². The van der Waals surface area contributed by atoms with Gasteiger partial charge in [-0.2, -0.15) is 0 Å². The number of amides is 1. The van der Waals surface area contributed by atoms with Gasteiger partial charge in [-0.15, -0.1) is 0 Å². The van der Waals surface area contributed by atoms with Gasteiger partial charge in [-0.05, 0) is 31.8 Å². The van der Waals surface area contributed by atoms with Crippen LogP contribution >= 0.6 is 0 Å². The van der Waals surface area contributed by atoms with Crippen LogP contribution in [-0.2, 0) is 4.79 Å². The van der Waals surface area contributed by atoms with E-state index in [9.17, 15) is 9.18 Å². The Morgan fingerprint density at radius 1 is 1.17 bits per heavy atom. The average Bonchev–Trinajstić information content (AvgIpc) is 2.54. The van der Waals surface area contributed by atoms with Crippen LogP contribution in [0.1, 0.15) is 11.6 Å². The lowest BCUT2D eigenvalue weighted by Crippen LogP contribution is -2.36. The summed E-state index contributed by atoms with van der Waals surface area (Å²) >= 11 is 0. The number of carbonyl (C=O) groups excluding carboxylic acids is 1. The van der Waals surface area contributed by atoms with Crippen LogP contribution < -0.4 is 10.1 Å². The van der Waals surface area contributed by atoms with E-state index < -0.39 is 0 Å². The van der Waals surface area contributed by atoms with Gasteiger partial charge >= 0.3 is 0 Å². The summed E-state index contributed by atoms with van der Waals surface area (Å²) in [4.78, 5) is 14.0. The maximum Gasteiger partial charge on any atom is 0.258 e. The van der Waals surface area contributed by atoms with E-state index in [1.807, 2.05) is 49.3 Å². The number of carbonyl (C=O) groups is 1. The maximum atomic E-state index is 13.0. The summed E-state index contributed by atoms with van der Waals surface area (Å²) in [6.07, 6.45) is 0. The third-order valence-corrected chi connectivity index (χ3v) is 3.47.